The fourth-order valence-electron chi connectivity index (χ4n) is 3.52. The lowest BCUT2D eigenvalue weighted by Gasteiger charge is -2.14. The molecule has 1 saturated carbocycles. The van der Waals surface area contributed by atoms with Gasteiger partial charge >= 0.3 is 5.97 Å². The standard InChI is InChI=1S/C22H21N3O6/c1-11-19-15(8-16(14-4-5-14)24-21(19)31-25-11)22(27)30-12(2)20(26)23-9-13-3-6-17-18(7-13)29-10-28-17/h3,6-8,12,14H,4-5,9-10H2,1-2H3,(H,23,26). The maximum absolute atomic E-state index is 12.9. The van der Waals surface area contributed by atoms with Gasteiger partial charge in [0.15, 0.2) is 17.6 Å². The van der Waals surface area contributed by atoms with Crippen molar-refractivity contribution in [1.82, 2.24) is 15.5 Å². The second kappa shape index (κ2) is 7.57. The fourth-order valence-corrected chi connectivity index (χ4v) is 3.52. The third-order valence-corrected chi connectivity index (χ3v) is 5.41. The zero-order valence-corrected chi connectivity index (χ0v) is 17.1. The van der Waals surface area contributed by atoms with Crippen LogP contribution in [0, 0.1) is 6.92 Å². The predicted octanol–water partition coefficient (Wildman–Crippen LogP) is 3.00. The highest BCUT2D eigenvalue weighted by molar-refractivity contribution is 6.04. The summed E-state index contributed by atoms with van der Waals surface area (Å²) >= 11 is 0. The predicted molar refractivity (Wildman–Crippen MR) is 108 cm³/mol. The first-order valence-electron chi connectivity index (χ1n) is 10.1. The lowest BCUT2D eigenvalue weighted by Crippen LogP contribution is -2.35. The fraction of sp³-hybridized carbons (Fsp3) is 0.364. The first kappa shape index (κ1) is 19.3. The largest absolute Gasteiger partial charge is 0.454 e. The Morgan fingerprint density at radius 1 is 1.23 bits per heavy atom. The molecule has 1 aliphatic carbocycles. The lowest BCUT2D eigenvalue weighted by atomic mass is 10.1. The van der Waals surface area contributed by atoms with E-state index in [9.17, 15) is 9.59 Å². The summed E-state index contributed by atoms with van der Waals surface area (Å²) in [5.74, 6) is 0.634. The Hall–Kier alpha value is -3.62. The first-order valence-corrected chi connectivity index (χ1v) is 10.1. The molecule has 0 saturated heterocycles. The highest BCUT2D eigenvalue weighted by Gasteiger charge is 2.30. The summed E-state index contributed by atoms with van der Waals surface area (Å²) < 4.78 is 21.3. The average Bonchev–Trinajstić information content (AvgIpc) is 3.41. The molecule has 9 nitrogen and oxygen atoms in total. The number of nitrogens with one attached hydrogen (secondary N) is 1. The number of hydrogen-bond donors (Lipinski definition) is 1. The van der Waals surface area contributed by atoms with Crippen LogP contribution >= 0.6 is 0 Å². The first-order chi connectivity index (χ1) is 15.0. The number of amides is 1. The average molecular weight is 423 g/mol. The molecule has 1 atom stereocenters. The van der Waals surface area contributed by atoms with Gasteiger partial charge in [-0.1, -0.05) is 11.2 Å². The van der Waals surface area contributed by atoms with Crippen LogP contribution in [0.1, 0.15) is 53.0 Å². The van der Waals surface area contributed by atoms with Crippen LogP contribution in [0.3, 0.4) is 0 Å². The molecule has 1 aliphatic heterocycles. The second-order valence-electron chi connectivity index (χ2n) is 7.77. The number of hydrogen-bond acceptors (Lipinski definition) is 8. The summed E-state index contributed by atoms with van der Waals surface area (Å²) in [6, 6.07) is 7.16. The van der Waals surface area contributed by atoms with Crippen molar-refractivity contribution in [3.8, 4) is 11.5 Å². The molecule has 1 unspecified atom stereocenters. The quantitative estimate of drug-likeness (QED) is 0.602. The second-order valence-corrected chi connectivity index (χ2v) is 7.77. The highest BCUT2D eigenvalue weighted by atomic mass is 16.7. The maximum Gasteiger partial charge on any atom is 0.339 e. The summed E-state index contributed by atoms with van der Waals surface area (Å²) in [7, 11) is 0. The van der Waals surface area contributed by atoms with E-state index in [2.05, 4.69) is 15.5 Å². The van der Waals surface area contributed by atoms with Crippen LogP contribution in [0.5, 0.6) is 11.5 Å². The molecule has 1 fully saturated rings. The Morgan fingerprint density at radius 3 is 2.84 bits per heavy atom. The molecular formula is C22H21N3O6. The minimum atomic E-state index is -0.978. The van der Waals surface area contributed by atoms with E-state index in [1.165, 1.54) is 6.92 Å². The molecule has 2 aliphatic rings. The molecule has 9 heteroatoms. The molecule has 0 radical (unpaired) electrons. The van der Waals surface area contributed by atoms with E-state index >= 15 is 0 Å². The van der Waals surface area contributed by atoms with Crippen molar-refractivity contribution < 1.29 is 28.3 Å². The van der Waals surface area contributed by atoms with Crippen LogP contribution in [-0.2, 0) is 16.1 Å². The van der Waals surface area contributed by atoms with Gasteiger partial charge in [0, 0.05) is 18.2 Å². The van der Waals surface area contributed by atoms with E-state index in [-0.39, 0.29) is 13.3 Å². The van der Waals surface area contributed by atoms with E-state index in [1.54, 1.807) is 25.1 Å². The number of pyridine rings is 1. The number of carbonyl (C=O) groups is 2. The molecule has 5 rings (SSSR count). The monoisotopic (exact) mass is 423 g/mol. The molecule has 31 heavy (non-hydrogen) atoms. The smallest absolute Gasteiger partial charge is 0.339 e. The number of aryl methyl sites for hydroxylation is 1. The number of fused-ring (bicyclic) bond motifs is 2. The van der Waals surface area contributed by atoms with Crippen molar-refractivity contribution in [1.29, 1.82) is 0 Å². The number of nitrogens with zero attached hydrogens (tertiary/aromatic N) is 2. The number of esters is 1. The molecule has 0 spiro atoms. The van der Waals surface area contributed by atoms with Gasteiger partial charge in [-0.25, -0.2) is 9.78 Å². The van der Waals surface area contributed by atoms with Gasteiger partial charge in [-0.15, -0.1) is 0 Å². The number of rotatable bonds is 6. The van der Waals surface area contributed by atoms with E-state index in [0.717, 1.165) is 24.1 Å². The van der Waals surface area contributed by atoms with Crippen molar-refractivity contribution in [2.24, 2.45) is 0 Å². The highest BCUT2D eigenvalue weighted by Crippen LogP contribution is 2.40. The topological polar surface area (TPSA) is 113 Å². The van der Waals surface area contributed by atoms with Crippen molar-refractivity contribution in [3.05, 3.63) is 46.8 Å². The normalized spacial score (nSPS) is 15.7. The molecule has 2 aromatic heterocycles. The van der Waals surface area contributed by atoms with Crippen LogP contribution in [0.4, 0.5) is 0 Å². The Morgan fingerprint density at radius 2 is 2.03 bits per heavy atom. The van der Waals surface area contributed by atoms with Crippen LogP contribution in [-0.4, -0.2) is 34.9 Å². The zero-order chi connectivity index (χ0) is 21.5. The van der Waals surface area contributed by atoms with Crippen molar-refractivity contribution in [2.45, 2.75) is 45.3 Å². The Labute approximate surface area is 177 Å². The summed E-state index contributed by atoms with van der Waals surface area (Å²) in [6.07, 6.45) is 1.08. The third kappa shape index (κ3) is 3.78. The minimum Gasteiger partial charge on any atom is -0.454 e. The van der Waals surface area contributed by atoms with Gasteiger partial charge in [0.1, 0.15) is 0 Å². The zero-order valence-electron chi connectivity index (χ0n) is 17.1. The Kier molecular flexibility index (Phi) is 4.72. The molecule has 1 N–H and O–H groups in total. The third-order valence-electron chi connectivity index (χ3n) is 5.41. The Bertz CT molecular complexity index is 1180. The molecule has 1 amide bonds. The molecule has 1 aromatic carbocycles. The van der Waals surface area contributed by atoms with Gasteiger partial charge in [0.05, 0.1) is 16.6 Å². The van der Waals surface area contributed by atoms with Crippen molar-refractivity contribution in [2.75, 3.05) is 6.79 Å². The number of aromatic nitrogens is 2. The number of benzene rings is 1. The summed E-state index contributed by atoms with van der Waals surface area (Å²) in [5.41, 5.74) is 2.82. The molecule has 3 aromatic rings. The van der Waals surface area contributed by atoms with Gasteiger partial charge in [0.25, 0.3) is 11.6 Å². The number of carbonyl (C=O) groups excluding carboxylic acids is 2. The van der Waals surface area contributed by atoms with E-state index < -0.39 is 18.0 Å². The SMILES string of the molecule is Cc1noc2nc(C3CC3)cc(C(=O)OC(C)C(=O)NCc3ccc4c(c3)OCO4)c12. The number of ether oxygens (including phenoxy) is 3. The van der Waals surface area contributed by atoms with E-state index in [4.69, 9.17) is 18.7 Å². The van der Waals surface area contributed by atoms with Gasteiger partial charge in [0.2, 0.25) is 6.79 Å². The van der Waals surface area contributed by atoms with Crippen LogP contribution in [0.15, 0.2) is 28.8 Å². The molecule has 3 heterocycles. The summed E-state index contributed by atoms with van der Waals surface area (Å²) in [4.78, 5) is 29.9. The van der Waals surface area contributed by atoms with E-state index in [1.807, 2.05) is 6.07 Å². The van der Waals surface area contributed by atoms with E-state index in [0.29, 0.717) is 39.8 Å². The van der Waals surface area contributed by atoms with Gasteiger partial charge in [-0.2, -0.15) is 0 Å². The molecule has 160 valence electrons. The summed E-state index contributed by atoms with van der Waals surface area (Å²) in [5, 5.41) is 7.21. The molecule has 0 bridgehead atoms. The minimum absolute atomic E-state index is 0.189. The van der Waals surface area contributed by atoms with Gasteiger partial charge < -0.3 is 24.1 Å². The van der Waals surface area contributed by atoms with Crippen molar-refractivity contribution in [3.63, 3.8) is 0 Å². The lowest BCUT2D eigenvalue weighted by molar-refractivity contribution is -0.129. The van der Waals surface area contributed by atoms with Gasteiger partial charge in [-0.05, 0) is 50.5 Å². The summed E-state index contributed by atoms with van der Waals surface area (Å²) in [6.45, 7) is 3.73. The van der Waals surface area contributed by atoms with Crippen LogP contribution < -0.4 is 14.8 Å². The van der Waals surface area contributed by atoms with Crippen LogP contribution in [0.25, 0.3) is 11.1 Å². The van der Waals surface area contributed by atoms with Crippen LogP contribution in [0.2, 0.25) is 0 Å². The van der Waals surface area contributed by atoms with Gasteiger partial charge in [-0.3, -0.25) is 4.79 Å². The Balaban J connectivity index is 1.27. The molecular weight excluding hydrogens is 402 g/mol. The van der Waals surface area contributed by atoms with Crippen molar-refractivity contribution >= 4 is 23.0 Å². The maximum atomic E-state index is 12.9.